The first kappa shape index (κ1) is 18.7. The Labute approximate surface area is 167 Å². The maximum absolute atomic E-state index is 13.3. The molecule has 1 aliphatic rings. The molecule has 4 nitrogen and oxygen atoms in total. The molecule has 0 saturated heterocycles. The summed E-state index contributed by atoms with van der Waals surface area (Å²) in [5.74, 6) is 1.29. The molecule has 2 aromatic carbocycles. The van der Waals surface area contributed by atoms with Crippen molar-refractivity contribution in [3.8, 4) is 22.8 Å². The second-order valence-electron chi connectivity index (χ2n) is 6.87. The number of benzene rings is 2. The van der Waals surface area contributed by atoms with Gasteiger partial charge in [-0.25, -0.2) is 9.38 Å². The van der Waals surface area contributed by atoms with Crippen molar-refractivity contribution in [2.75, 3.05) is 14.2 Å². The molecule has 0 atom stereocenters. The fraction of sp³-hybridized carbons (Fsp3) is 0.318. The second-order valence-corrected chi connectivity index (χ2v) is 7.70. The molecule has 0 amide bonds. The van der Waals surface area contributed by atoms with Crippen molar-refractivity contribution in [3.63, 3.8) is 0 Å². The summed E-state index contributed by atoms with van der Waals surface area (Å²) in [4.78, 5) is 5.73. The van der Waals surface area contributed by atoms with E-state index < -0.39 is 0 Å². The third kappa shape index (κ3) is 3.69. The van der Waals surface area contributed by atoms with Gasteiger partial charge in [0, 0.05) is 23.1 Å². The molecule has 0 spiro atoms. The van der Waals surface area contributed by atoms with Crippen LogP contribution in [0.4, 0.5) is 10.1 Å². The molecule has 28 heavy (non-hydrogen) atoms. The average molecular weight is 399 g/mol. The maximum atomic E-state index is 13.3. The van der Waals surface area contributed by atoms with Crippen LogP contribution in [0.2, 0.25) is 0 Å². The Morgan fingerprint density at radius 2 is 1.79 bits per heavy atom. The lowest BCUT2D eigenvalue weighted by Gasteiger charge is -2.18. The van der Waals surface area contributed by atoms with Gasteiger partial charge in [0.25, 0.3) is 0 Å². The highest BCUT2D eigenvalue weighted by Crippen LogP contribution is 2.38. The lowest BCUT2D eigenvalue weighted by molar-refractivity contribution is 0.395. The van der Waals surface area contributed by atoms with E-state index in [0.717, 1.165) is 46.1 Å². The Morgan fingerprint density at radius 1 is 1.04 bits per heavy atom. The smallest absolute Gasteiger partial charge is 0.190 e. The van der Waals surface area contributed by atoms with Crippen molar-refractivity contribution in [1.29, 1.82) is 0 Å². The second kappa shape index (κ2) is 8.19. The third-order valence-corrected chi connectivity index (χ3v) is 6.01. The number of nitrogens with zero attached hydrogens (tertiary/aromatic N) is 2. The molecule has 6 heteroatoms. The molecule has 0 radical (unpaired) electrons. The topological polar surface area (TPSA) is 35.8 Å². The Balaban J connectivity index is 1.87. The van der Waals surface area contributed by atoms with Crippen LogP contribution in [0.5, 0.6) is 11.5 Å². The van der Waals surface area contributed by atoms with E-state index in [4.69, 9.17) is 14.5 Å². The fourth-order valence-electron chi connectivity index (χ4n) is 3.75. The quantitative estimate of drug-likeness (QED) is 0.551. The van der Waals surface area contributed by atoms with Gasteiger partial charge in [-0.2, -0.15) is 0 Å². The molecule has 1 aliphatic carbocycles. The molecule has 0 N–H and O–H groups in total. The molecule has 1 aromatic heterocycles. The van der Waals surface area contributed by atoms with Gasteiger partial charge in [-0.15, -0.1) is 11.3 Å². The van der Waals surface area contributed by atoms with Crippen LogP contribution < -0.4 is 14.3 Å². The molecular formula is C22H23FN2O2S. The summed E-state index contributed by atoms with van der Waals surface area (Å²) < 4.78 is 26.6. The van der Waals surface area contributed by atoms with Crippen LogP contribution in [0.25, 0.3) is 11.3 Å². The van der Waals surface area contributed by atoms with E-state index in [1.54, 1.807) is 37.7 Å². The number of ether oxygens (including phenoxy) is 2. The largest absolute Gasteiger partial charge is 0.497 e. The average Bonchev–Trinajstić information content (AvgIpc) is 3.39. The van der Waals surface area contributed by atoms with Gasteiger partial charge in [-0.1, -0.05) is 12.8 Å². The van der Waals surface area contributed by atoms with Crippen LogP contribution in [0.15, 0.2) is 52.8 Å². The zero-order valence-corrected chi connectivity index (χ0v) is 16.8. The summed E-state index contributed by atoms with van der Waals surface area (Å²) in [6.07, 6.45) is 4.73. The van der Waals surface area contributed by atoms with Crippen molar-refractivity contribution in [2.24, 2.45) is 4.99 Å². The minimum atomic E-state index is -0.252. The maximum Gasteiger partial charge on any atom is 0.190 e. The molecule has 3 aromatic rings. The van der Waals surface area contributed by atoms with Crippen molar-refractivity contribution >= 4 is 17.0 Å². The number of methoxy groups -OCH3 is 2. The van der Waals surface area contributed by atoms with Crippen LogP contribution in [-0.2, 0) is 0 Å². The molecule has 0 unspecified atom stereocenters. The standard InChI is InChI=1S/C22H23FN2O2S/c1-26-18-11-12-19(21(13-18)27-2)20-14-28-22(25(20)17-5-3-4-6-17)24-16-9-7-15(23)8-10-16/h7-14,17H,3-6H2,1-2H3. The Morgan fingerprint density at radius 3 is 2.46 bits per heavy atom. The minimum absolute atomic E-state index is 0.252. The van der Waals surface area contributed by atoms with Gasteiger partial charge in [0.05, 0.1) is 25.6 Å². The molecule has 0 bridgehead atoms. The molecule has 4 rings (SSSR count). The highest BCUT2D eigenvalue weighted by molar-refractivity contribution is 7.07. The highest BCUT2D eigenvalue weighted by Gasteiger charge is 2.23. The van der Waals surface area contributed by atoms with E-state index in [1.807, 2.05) is 18.2 Å². The van der Waals surface area contributed by atoms with Gasteiger partial charge in [-0.05, 0) is 49.2 Å². The van der Waals surface area contributed by atoms with Gasteiger partial charge in [0.15, 0.2) is 4.80 Å². The zero-order chi connectivity index (χ0) is 19.5. The lowest BCUT2D eigenvalue weighted by atomic mass is 10.1. The number of aromatic nitrogens is 1. The minimum Gasteiger partial charge on any atom is -0.497 e. The van der Waals surface area contributed by atoms with Crippen molar-refractivity contribution in [3.05, 3.63) is 58.5 Å². The predicted molar refractivity (Wildman–Crippen MR) is 110 cm³/mol. The SMILES string of the molecule is COc1ccc(-c2csc(=Nc3ccc(F)cc3)n2C2CCCC2)c(OC)c1. The van der Waals surface area contributed by atoms with Crippen LogP contribution in [0, 0.1) is 5.82 Å². The van der Waals surface area contributed by atoms with E-state index in [9.17, 15) is 4.39 Å². The summed E-state index contributed by atoms with van der Waals surface area (Å²) in [7, 11) is 3.33. The van der Waals surface area contributed by atoms with Gasteiger partial charge in [-0.3, -0.25) is 0 Å². The van der Waals surface area contributed by atoms with Gasteiger partial charge in [0.1, 0.15) is 17.3 Å². The third-order valence-electron chi connectivity index (χ3n) is 5.17. The lowest BCUT2D eigenvalue weighted by Crippen LogP contribution is -2.20. The molecule has 146 valence electrons. The number of rotatable bonds is 5. The monoisotopic (exact) mass is 398 g/mol. The normalized spacial score (nSPS) is 15.2. The number of hydrogen-bond acceptors (Lipinski definition) is 4. The van der Waals surface area contributed by atoms with Crippen molar-refractivity contribution in [2.45, 2.75) is 31.7 Å². The number of hydrogen-bond donors (Lipinski definition) is 0. The summed E-state index contributed by atoms with van der Waals surface area (Å²) in [5.41, 5.74) is 2.87. The molecule has 0 aliphatic heterocycles. The van der Waals surface area contributed by atoms with E-state index >= 15 is 0 Å². The Kier molecular flexibility index (Phi) is 5.48. The predicted octanol–water partition coefficient (Wildman–Crippen LogP) is 5.72. The van der Waals surface area contributed by atoms with Gasteiger partial charge in [0.2, 0.25) is 0 Å². The molecule has 1 heterocycles. The van der Waals surface area contributed by atoms with Crippen molar-refractivity contribution in [1.82, 2.24) is 4.57 Å². The van der Waals surface area contributed by atoms with E-state index in [2.05, 4.69) is 9.95 Å². The summed E-state index contributed by atoms with van der Waals surface area (Å²) >= 11 is 1.60. The summed E-state index contributed by atoms with van der Waals surface area (Å²) in [6, 6.07) is 12.6. The van der Waals surface area contributed by atoms with Crippen LogP contribution >= 0.6 is 11.3 Å². The number of thiazole rings is 1. The molecule has 1 saturated carbocycles. The molecule has 1 fully saturated rings. The first-order chi connectivity index (χ1) is 13.7. The van der Waals surface area contributed by atoms with Gasteiger partial charge >= 0.3 is 0 Å². The summed E-state index contributed by atoms with van der Waals surface area (Å²) in [5, 5.41) is 2.13. The van der Waals surface area contributed by atoms with Crippen LogP contribution in [0.3, 0.4) is 0 Å². The fourth-order valence-corrected chi connectivity index (χ4v) is 4.73. The number of halogens is 1. The van der Waals surface area contributed by atoms with E-state index in [-0.39, 0.29) is 5.82 Å². The zero-order valence-electron chi connectivity index (χ0n) is 16.0. The highest BCUT2D eigenvalue weighted by atomic mass is 32.1. The van der Waals surface area contributed by atoms with Crippen LogP contribution in [0.1, 0.15) is 31.7 Å². The summed E-state index contributed by atoms with van der Waals surface area (Å²) in [6.45, 7) is 0. The van der Waals surface area contributed by atoms with Crippen molar-refractivity contribution < 1.29 is 13.9 Å². The molecular weight excluding hydrogens is 375 g/mol. The van der Waals surface area contributed by atoms with Crippen LogP contribution in [-0.4, -0.2) is 18.8 Å². The van der Waals surface area contributed by atoms with E-state index in [1.165, 1.54) is 25.0 Å². The Hall–Kier alpha value is -2.60. The van der Waals surface area contributed by atoms with Gasteiger partial charge < -0.3 is 14.0 Å². The van der Waals surface area contributed by atoms with E-state index in [0.29, 0.717) is 6.04 Å². The Bertz CT molecular complexity index is 1020. The first-order valence-corrected chi connectivity index (χ1v) is 10.3. The first-order valence-electron chi connectivity index (χ1n) is 9.42.